The first kappa shape index (κ1) is 19.4. The molecular formula is C23H31N3O. The zero-order chi connectivity index (χ0) is 19.2. The van der Waals surface area contributed by atoms with E-state index >= 15 is 0 Å². The van der Waals surface area contributed by atoms with Gasteiger partial charge in [-0.15, -0.1) is 0 Å². The summed E-state index contributed by atoms with van der Waals surface area (Å²) < 4.78 is 7.95. The number of nitrogens with zero attached hydrogens (tertiary/aromatic N) is 3. The van der Waals surface area contributed by atoms with E-state index in [1.54, 1.807) is 0 Å². The maximum absolute atomic E-state index is 5.56. The minimum Gasteiger partial charge on any atom is -0.494 e. The number of aromatic nitrogens is 2. The third kappa shape index (κ3) is 4.69. The molecule has 2 aromatic carbocycles. The first-order valence-electron chi connectivity index (χ1n) is 10.0. The molecule has 0 bridgehead atoms. The highest BCUT2D eigenvalue weighted by molar-refractivity contribution is 5.77. The summed E-state index contributed by atoms with van der Waals surface area (Å²) in [4.78, 5) is 7.43. The van der Waals surface area contributed by atoms with E-state index < -0.39 is 0 Å². The normalized spacial score (nSPS) is 11.4. The summed E-state index contributed by atoms with van der Waals surface area (Å²) in [7, 11) is 0. The van der Waals surface area contributed by atoms with E-state index in [0.717, 1.165) is 49.7 Å². The van der Waals surface area contributed by atoms with E-state index in [4.69, 9.17) is 9.72 Å². The first-order valence-corrected chi connectivity index (χ1v) is 10.0. The predicted molar refractivity (Wildman–Crippen MR) is 113 cm³/mol. The minimum absolute atomic E-state index is 0.694. The van der Waals surface area contributed by atoms with Crippen LogP contribution in [0.25, 0.3) is 11.0 Å². The quantitative estimate of drug-likeness (QED) is 0.552. The van der Waals surface area contributed by atoms with Gasteiger partial charge in [-0.1, -0.05) is 32.0 Å². The number of aryl methyl sites for hydroxylation is 1. The van der Waals surface area contributed by atoms with Crippen molar-refractivity contribution in [2.75, 3.05) is 26.2 Å². The molecular weight excluding hydrogens is 334 g/mol. The monoisotopic (exact) mass is 365 g/mol. The molecule has 0 spiro atoms. The lowest BCUT2D eigenvalue weighted by Gasteiger charge is -2.19. The second-order valence-electron chi connectivity index (χ2n) is 6.95. The fourth-order valence-electron chi connectivity index (χ4n) is 3.51. The average Bonchev–Trinajstić information content (AvgIpc) is 3.00. The molecule has 0 radical (unpaired) electrons. The number of hydrogen-bond acceptors (Lipinski definition) is 3. The fraction of sp³-hybridized carbons (Fsp3) is 0.435. The Morgan fingerprint density at radius 3 is 2.41 bits per heavy atom. The highest BCUT2D eigenvalue weighted by Crippen LogP contribution is 2.21. The van der Waals surface area contributed by atoms with E-state index in [2.05, 4.69) is 60.6 Å². The van der Waals surface area contributed by atoms with Crippen LogP contribution in [0, 0.1) is 6.92 Å². The molecule has 0 saturated carbocycles. The summed E-state index contributed by atoms with van der Waals surface area (Å²) in [5.74, 6) is 2.05. The van der Waals surface area contributed by atoms with Crippen molar-refractivity contribution in [2.45, 2.75) is 40.7 Å². The molecule has 4 heteroatoms. The van der Waals surface area contributed by atoms with Crippen LogP contribution in [0.4, 0.5) is 0 Å². The van der Waals surface area contributed by atoms with Crippen molar-refractivity contribution in [1.29, 1.82) is 0 Å². The lowest BCUT2D eigenvalue weighted by molar-refractivity contribution is 0.291. The van der Waals surface area contributed by atoms with Crippen LogP contribution in [0.3, 0.4) is 0 Å². The Kier molecular flexibility index (Phi) is 6.51. The summed E-state index contributed by atoms with van der Waals surface area (Å²) in [6, 6.07) is 15.0. The Hall–Kier alpha value is -2.33. The van der Waals surface area contributed by atoms with Crippen molar-refractivity contribution in [2.24, 2.45) is 0 Å². The Morgan fingerprint density at radius 2 is 1.74 bits per heavy atom. The van der Waals surface area contributed by atoms with Gasteiger partial charge in [0.15, 0.2) is 0 Å². The van der Waals surface area contributed by atoms with Gasteiger partial charge in [0.25, 0.3) is 0 Å². The molecule has 144 valence electrons. The molecule has 1 aromatic heterocycles. The van der Waals surface area contributed by atoms with Crippen LogP contribution in [0.2, 0.25) is 0 Å². The van der Waals surface area contributed by atoms with E-state index in [-0.39, 0.29) is 0 Å². The molecule has 3 aromatic rings. The van der Waals surface area contributed by atoms with E-state index in [9.17, 15) is 0 Å². The van der Waals surface area contributed by atoms with Crippen molar-refractivity contribution in [3.8, 4) is 5.75 Å². The van der Waals surface area contributed by atoms with Gasteiger partial charge in [0.2, 0.25) is 0 Å². The number of hydrogen-bond donors (Lipinski definition) is 0. The smallest absolute Gasteiger partial charge is 0.119 e. The Labute approximate surface area is 162 Å². The predicted octanol–water partition coefficient (Wildman–Crippen LogP) is 4.68. The molecule has 27 heavy (non-hydrogen) atoms. The zero-order valence-electron chi connectivity index (χ0n) is 17.0. The topological polar surface area (TPSA) is 30.3 Å². The lowest BCUT2D eigenvalue weighted by Crippen LogP contribution is -2.27. The summed E-state index contributed by atoms with van der Waals surface area (Å²) in [6.45, 7) is 13.4. The standard InChI is InChI=1S/C23H31N3O/c1-5-25(6-2)14-15-26-22-13-8-18(4)16-21(22)24-23(26)17-19-9-11-20(12-10-19)27-7-3/h8-13,16H,5-7,14-15,17H2,1-4H3. The molecule has 1 heterocycles. The maximum Gasteiger partial charge on any atom is 0.119 e. The Morgan fingerprint density at radius 1 is 1.00 bits per heavy atom. The van der Waals surface area contributed by atoms with E-state index in [1.165, 1.54) is 16.6 Å². The van der Waals surface area contributed by atoms with Gasteiger partial charge in [0.05, 0.1) is 17.6 Å². The Bertz CT molecular complexity index is 863. The van der Waals surface area contributed by atoms with E-state index in [1.807, 2.05) is 19.1 Å². The van der Waals surface area contributed by atoms with Crippen LogP contribution in [-0.2, 0) is 13.0 Å². The molecule has 0 unspecified atom stereocenters. The molecule has 3 rings (SSSR count). The van der Waals surface area contributed by atoms with Crippen molar-refractivity contribution < 1.29 is 4.74 Å². The summed E-state index contributed by atoms with van der Waals surface area (Å²) >= 11 is 0. The molecule has 0 saturated heterocycles. The third-order valence-corrected chi connectivity index (χ3v) is 5.11. The van der Waals surface area contributed by atoms with E-state index in [0.29, 0.717) is 6.61 Å². The van der Waals surface area contributed by atoms with Crippen molar-refractivity contribution in [3.63, 3.8) is 0 Å². The van der Waals surface area contributed by atoms with Gasteiger partial charge >= 0.3 is 0 Å². The van der Waals surface area contributed by atoms with Gasteiger partial charge in [-0.05, 0) is 62.3 Å². The van der Waals surface area contributed by atoms with Crippen LogP contribution in [0.15, 0.2) is 42.5 Å². The van der Waals surface area contributed by atoms with Crippen molar-refractivity contribution in [3.05, 3.63) is 59.4 Å². The first-order chi connectivity index (χ1) is 13.1. The number of benzene rings is 2. The van der Waals surface area contributed by atoms with Gasteiger partial charge in [-0.3, -0.25) is 0 Å². The summed E-state index contributed by atoms with van der Waals surface area (Å²) in [5, 5.41) is 0. The number of imidazole rings is 1. The highest BCUT2D eigenvalue weighted by Gasteiger charge is 2.12. The second-order valence-corrected chi connectivity index (χ2v) is 6.95. The SMILES string of the molecule is CCOc1ccc(Cc2nc3cc(C)ccc3n2CCN(CC)CC)cc1. The van der Waals surface area contributed by atoms with Crippen LogP contribution in [-0.4, -0.2) is 40.7 Å². The molecule has 0 N–H and O–H groups in total. The summed E-state index contributed by atoms with van der Waals surface area (Å²) in [5.41, 5.74) is 4.84. The molecule has 0 atom stereocenters. The second kappa shape index (κ2) is 9.05. The molecule has 0 aliphatic carbocycles. The summed E-state index contributed by atoms with van der Waals surface area (Å²) in [6.07, 6.45) is 0.832. The van der Waals surface area contributed by atoms with Crippen molar-refractivity contribution in [1.82, 2.24) is 14.5 Å². The highest BCUT2D eigenvalue weighted by atomic mass is 16.5. The van der Waals surface area contributed by atoms with Gasteiger partial charge in [0.1, 0.15) is 11.6 Å². The molecule has 0 fully saturated rings. The minimum atomic E-state index is 0.694. The van der Waals surface area contributed by atoms with Crippen molar-refractivity contribution >= 4 is 11.0 Å². The van der Waals surface area contributed by atoms with Crippen LogP contribution >= 0.6 is 0 Å². The number of likely N-dealkylation sites (N-methyl/N-ethyl adjacent to an activating group) is 1. The zero-order valence-corrected chi connectivity index (χ0v) is 17.0. The van der Waals surface area contributed by atoms with Gasteiger partial charge < -0.3 is 14.2 Å². The fourth-order valence-corrected chi connectivity index (χ4v) is 3.51. The van der Waals surface area contributed by atoms with Crippen LogP contribution in [0.5, 0.6) is 5.75 Å². The van der Waals surface area contributed by atoms with Crippen LogP contribution < -0.4 is 4.74 Å². The average molecular weight is 366 g/mol. The van der Waals surface area contributed by atoms with Gasteiger partial charge in [0, 0.05) is 19.5 Å². The number of ether oxygens (including phenoxy) is 1. The Balaban J connectivity index is 1.89. The number of rotatable bonds is 9. The third-order valence-electron chi connectivity index (χ3n) is 5.11. The van der Waals surface area contributed by atoms with Gasteiger partial charge in [-0.25, -0.2) is 4.98 Å². The lowest BCUT2D eigenvalue weighted by atomic mass is 10.1. The number of fused-ring (bicyclic) bond motifs is 1. The molecule has 4 nitrogen and oxygen atoms in total. The molecule has 0 aliphatic rings. The molecule has 0 amide bonds. The van der Waals surface area contributed by atoms with Crippen LogP contribution in [0.1, 0.15) is 37.7 Å². The maximum atomic E-state index is 5.56. The molecule has 0 aliphatic heterocycles. The van der Waals surface area contributed by atoms with Gasteiger partial charge in [-0.2, -0.15) is 0 Å². The largest absolute Gasteiger partial charge is 0.494 e.